The minimum Gasteiger partial charge on any atom is -0.414 e. The summed E-state index contributed by atoms with van der Waals surface area (Å²) in [4.78, 5) is 11.5. The Morgan fingerprint density at radius 3 is 2.67 bits per heavy atom. The van der Waals surface area contributed by atoms with Crippen LogP contribution in [-0.4, -0.2) is 36.7 Å². The molecular weight excluding hydrogens is 242 g/mol. The summed E-state index contributed by atoms with van der Waals surface area (Å²) in [7, 11) is 0. The van der Waals surface area contributed by atoms with Crippen LogP contribution in [0.25, 0.3) is 0 Å². The molecule has 106 valence electrons. The van der Waals surface area contributed by atoms with Crippen molar-refractivity contribution in [1.29, 1.82) is 0 Å². The fourth-order valence-electron chi connectivity index (χ4n) is 1.99. The lowest BCUT2D eigenvalue weighted by Gasteiger charge is -2.33. The van der Waals surface area contributed by atoms with Crippen LogP contribution in [0.1, 0.15) is 34.1 Å². The Hall–Kier alpha value is -0.750. The van der Waals surface area contributed by atoms with E-state index in [1.54, 1.807) is 20.8 Å². The second-order valence-electron chi connectivity index (χ2n) is 5.96. The van der Waals surface area contributed by atoms with Gasteiger partial charge < -0.3 is 10.1 Å². The van der Waals surface area contributed by atoms with Gasteiger partial charge in [-0.15, -0.1) is 0 Å². The Bertz CT molecular complexity index is 303. The number of halogens is 2. The summed E-state index contributed by atoms with van der Waals surface area (Å²) in [5.41, 5.74) is -0.548. The van der Waals surface area contributed by atoms with E-state index in [1.807, 2.05) is 6.92 Å². The Morgan fingerprint density at radius 2 is 2.11 bits per heavy atom. The van der Waals surface area contributed by atoms with Gasteiger partial charge in [0.25, 0.3) is 5.92 Å². The van der Waals surface area contributed by atoms with Crippen molar-refractivity contribution in [2.45, 2.75) is 51.7 Å². The number of hydrogen-bond donors (Lipinski definition) is 2. The van der Waals surface area contributed by atoms with E-state index in [1.165, 1.54) is 5.32 Å². The fraction of sp³-hybridized carbons (Fsp3) is 0.917. The molecular formula is C12H23F2N2O2+. The molecule has 1 rings (SSSR count). The lowest BCUT2D eigenvalue weighted by atomic mass is 9.90. The SMILES string of the molecule is CC1NCC(F)(F)CC1C[NH2+]C(=O)OC(C)(C)C. The molecule has 1 saturated heterocycles. The number of ether oxygens (including phenoxy) is 1. The highest BCUT2D eigenvalue weighted by Gasteiger charge is 2.40. The van der Waals surface area contributed by atoms with Crippen molar-refractivity contribution in [3.05, 3.63) is 0 Å². The first-order chi connectivity index (χ1) is 8.09. The lowest BCUT2D eigenvalue weighted by Crippen LogP contribution is -2.90. The topological polar surface area (TPSA) is 54.9 Å². The first kappa shape index (κ1) is 15.3. The number of alkyl halides is 2. The molecule has 1 aliphatic rings. The minimum absolute atomic E-state index is 0.0108. The number of hydrogen-bond acceptors (Lipinski definition) is 3. The van der Waals surface area contributed by atoms with E-state index in [4.69, 9.17) is 4.74 Å². The summed E-state index contributed by atoms with van der Waals surface area (Å²) >= 11 is 0. The smallest absolute Gasteiger partial charge is 0.414 e. The standard InChI is InChI=1S/C12H22F2N2O2/c1-8-9(5-12(13,14)7-16-8)6-15-10(17)18-11(2,3)4/h8-9,16H,5-7H2,1-4H3,(H,15,17)/p+1. The van der Waals surface area contributed by atoms with Crippen LogP contribution in [0.15, 0.2) is 0 Å². The zero-order chi connectivity index (χ0) is 14.0. The zero-order valence-corrected chi connectivity index (χ0v) is 11.4. The molecule has 4 nitrogen and oxygen atoms in total. The average molecular weight is 265 g/mol. The molecule has 0 bridgehead atoms. The van der Waals surface area contributed by atoms with E-state index < -0.39 is 17.6 Å². The number of amides is 1. The number of quaternary nitrogens is 1. The molecule has 0 aromatic rings. The number of rotatable bonds is 2. The third kappa shape index (κ3) is 5.27. The molecule has 0 spiro atoms. The molecule has 0 aliphatic carbocycles. The Morgan fingerprint density at radius 1 is 1.50 bits per heavy atom. The van der Waals surface area contributed by atoms with Crippen LogP contribution in [0.4, 0.5) is 13.6 Å². The van der Waals surface area contributed by atoms with Gasteiger partial charge in [-0.25, -0.2) is 14.1 Å². The molecule has 6 heteroatoms. The first-order valence-electron chi connectivity index (χ1n) is 6.26. The van der Waals surface area contributed by atoms with Gasteiger partial charge in [0.2, 0.25) is 0 Å². The highest BCUT2D eigenvalue weighted by molar-refractivity contribution is 5.56. The number of piperidine rings is 1. The van der Waals surface area contributed by atoms with Gasteiger partial charge in [0.1, 0.15) is 5.60 Å². The van der Waals surface area contributed by atoms with E-state index in [-0.39, 0.29) is 24.9 Å². The molecule has 0 saturated carbocycles. The van der Waals surface area contributed by atoms with Gasteiger partial charge in [-0.3, -0.25) is 0 Å². The molecule has 1 amide bonds. The van der Waals surface area contributed by atoms with Gasteiger partial charge in [0, 0.05) is 18.4 Å². The fourth-order valence-corrected chi connectivity index (χ4v) is 1.99. The Labute approximate surface area is 106 Å². The quantitative estimate of drug-likeness (QED) is 0.786. The average Bonchev–Trinajstić information content (AvgIpc) is 2.17. The molecule has 1 fully saturated rings. The van der Waals surface area contributed by atoms with Gasteiger partial charge in [-0.1, -0.05) is 0 Å². The second-order valence-corrected chi connectivity index (χ2v) is 5.96. The zero-order valence-electron chi connectivity index (χ0n) is 11.4. The molecule has 18 heavy (non-hydrogen) atoms. The normalized spacial score (nSPS) is 27.9. The van der Waals surface area contributed by atoms with Crippen LogP contribution in [0.5, 0.6) is 0 Å². The van der Waals surface area contributed by atoms with Crippen molar-refractivity contribution in [3.63, 3.8) is 0 Å². The summed E-state index contributed by atoms with van der Waals surface area (Å²) in [5, 5.41) is 4.14. The van der Waals surface area contributed by atoms with Gasteiger partial charge in [0.15, 0.2) is 0 Å². The summed E-state index contributed by atoms with van der Waals surface area (Å²) < 4.78 is 31.6. The van der Waals surface area contributed by atoms with Crippen LogP contribution in [-0.2, 0) is 4.74 Å². The third-order valence-corrected chi connectivity index (χ3v) is 2.94. The summed E-state index contributed by atoms with van der Waals surface area (Å²) in [5.74, 6) is -2.92. The van der Waals surface area contributed by atoms with E-state index >= 15 is 0 Å². The van der Waals surface area contributed by atoms with Crippen molar-refractivity contribution >= 4 is 6.09 Å². The highest BCUT2D eigenvalue weighted by atomic mass is 19.3. The van der Waals surface area contributed by atoms with E-state index in [2.05, 4.69) is 5.32 Å². The van der Waals surface area contributed by atoms with E-state index in [9.17, 15) is 13.6 Å². The molecule has 1 aliphatic heterocycles. The van der Waals surface area contributed by atoms with Gasteiger partial charge in [0.05, 0.1) is 13.1 Å². The monoisotopic (exact) mass is 265 g/mol. The maximum atomic E-state index is 13.2. The van der Waals surface area contributed by atoms with E-state index in [0.29, 0.717) is 6.54 Å². The number of carbonyl (C=O) groups excluding carboxylic acids is 1. The van der Waals surface area contributed by atoms with Crippen molar-refractivity contribution in [3.8, 4) is 0 Å². The number of primary amides is 1. The minimum atomic E-state index is -2.68. The number of nitrogens with two attached hydrogens (primary N) is 1. The maximum absolute atomic E-state index is 13.2. The predicted molar refractivity (Wildman–Crippen MR) is 63.5 cm³/mol. The van der Waals surface area contributed by atoms with Crippen LogP contribution >= 0.6 is 0 Å². The molecule has 3 N–H and O–H groups in total. The van der Waals surface area contributed by atoms with Crippen molar-refractivity contribution < 1.29 is 23.6 Å². The lowest BCUT2D eigenvalue weighted by molar-refractivity contribution is -0.581. The summed E-state index contributed by atoms with van der Waals surface area (Å²) in [6.45, 7) is 7.23. The van der Waals surface area contributed by atoms with Gasteiger partial charge in [-0.2, -0.15) is 4.79 Å². The molecule has 0 radical (unpaired) electrons. The van der Waals surface area contributed by atoms with Crippen molar-refractivity contribution in [2.24, 2.45) is 5.92 Å². The molecule has 0 aromatic heterocycles. The van der Waals surface area contributed by atoms with Crippen LogP contribution in [0.2, 0.25) is 0 Å². The third-order valence-electron chi connectivity index (χ3n) is 2.94. The number of nitrogens with one attached hydrogen (secondary N) is 1. The van der Waals surface area contributed by atoms with Gasteiger partial charge >= 0.3 is 6.09 Å². The second kappa shape index (κ2) is 5.48. The molecule has 0 aromatic carbocycles. The van der Waals surface area contributed by atoms with Crippen molar-refractivity contribution in [2.75, 3.05) is 13.1 Å². The Balaban J connectivity index is 2.40. The number of carbonyl (C=O) groups is 1. The van der Waals surface area contributed by atoms with Crippen LogP contribution in [0, 0.1) is 5.92 Å². The molecule has 1 heterocycles. The summed E-state index contributed by atoms with van der Waals surface area (Å²) in [6.07, 6.45) is -0.621. The molecule has 2 unspecified atom stereocenters. The Kier molecular flexibility index (Phi) is 4.66. The van der Waals surface area contributed by atoms with Crippen LogP contribution < -0.4 is 10.6 Å². The first-order valence-corrected chi connectivity index (χ1v) is 6.26. The maximum Gasteiger partial charge on any atom is 0.513 e. The van der Waals surface area contributed by atoms with Crippen molar-refractivity contribution in [1.82, 2.24) is 5.32 Å². The summed E-state index contributed by atoms with van der Waals surface area (Å²) in [6, 6.07) is -0.0108. The van der Waals surface area contributed by atoms with Crippen LogP contribution in [0.3, 0.4) is 0 Å². The predicted octanol–water partition coefficient (Wildman–Crippen LogP) is 1.12. The van der Waals surface area contributed by atoms with Gasteiger partial charge in [-0.05, 0) is 27.7 Å². The highest BCUT2D eigenvalue weighted by Crippen LogP contribution is 2.28. The molecule has 2 atom stereocenters. The largest absolute Gasteiger partial charge is 0.513 e. The van der Waals surface area contributed by atoms with E-state index in [0.717, 1.165) is 0 Å².